The van der Waals surface area contributed by atoms with E-state index >= 15 is 0 Å². The molecule has 0 saturated heterocycles. The summed E-state index contributed by atoms with van der Waals surface area (Å²) in [6.45, 7) is -0.470. The number of para-hydroxylation sites is 1. The van der Waals surface area contributed by atoms with E-state index in [0.717, 1.165) is 0 Å². The number of rotatable bonds is 10. The number of carbonyl (C=O) groups excluding carboxylic acids is 1. The first kappa shape index (κ1) is 23.8. The molecule has 0 fully saturated rings. The molecule has 1 aromatic rings. The van der Waals surface area contributed by atoms with Gasteiger partial charge in [0, 0.05) is 6.92 Å². The van der Waals surface area contributed by atoms with Crippen LogP contribution in [0.15, 0.2) is 24.3 Å². The van der Waals surface area contributed by atoms with Gasteiger partial charge >= 0.3 is 11.9 Å². The predicted octanol–water partition coefficient (Wildman–Crippen LogP) is 0.290. The summed E-state index contributed by atoms with van der Waals surface area (Å²) in [5, 5.41) is 34.2. The Labute approximate surface area is 154 Å². The van der Waals surface area contributed by atoms with Gasteiger partial charge in [-0.3, -0.25) is 4.79 Å². The van der Waals surface area contributed by atoms with Crippen LogP contribution >= 0.6 is 0 Å². The van der Waals surface area contributed by atoms with Crippen LogP contribution in [0.5, 0.6) is 5.75 Å². The topological polar surface area (TPSA) is 221 Å². The fraction of sp³-hybridized carbons (Fsp3) is 0.333. The molecule has 0 aliphatic carbocycles. The number of benzene rings is 1. The van der Waals surface area contributed by atoms with Crippen molar-refractivity contribution in [3.8, 4) is 5.75 Å². The summed E-state index contributed by atoms with van der Waals surface area (Å²) in [7, 11) is 0. The molecule has 0 amide bonds. The van der Waals surface area contributed by atoms with E-state index in [4.69, 9.17) is 5.11 Å². The van der Waals surface area contributed by atoms with Gasteiger partial charge in [-0.2, -0.15) is 0 Å². The van der Waals surface area contributed by atoms with Gasteiger partial charge in [0.15, 0.2) is 6.10 Å². The van der Waals surface area contributed by atoms with Crippen LogP contribution in [-0.4, -0.2) is 51.6 Å². The average Bonchev–Trinajstić information content (AvgIpc) is 2.57. The van der Waals surface area contributed by atoms with Gasteiger partial charge in [-0.1, -0.05) is 12.1 Å². The smallest absolute Gasteiger partial charge is 0.339 e. The largest absolute Gasteiger partial charge is 0.478 e. The highest BCUT2D eigenvalue weighted by molar-refractivity contribution is 5.91. The van der Waals surface area contributed by atoms with Crippen molar-refractivity contribution >= 4 is 11.9 Å². The van der Waals surface area contributed by atoms with Crippen LogP contribution in [0.1, 0.15) is 17.3 Å². The van der Waals surface area contributed by atoms with E-state index in [1.165, 1.54) is 19.1 Å². The van der Waals surface area contributed by atoms with E-state index in [2.05, 4.69) is 19.2 Å². The van der Waals surface area contributed by atoms with Gasteiger partial charge in [0.1, 0.15) is 24.5 Å². The normalized spacial score (nSPS) is 9.36. The summed E-state index contributed by atoms with van der Waals surface area (Å²) in [6.07, 6.45) is -1.55. The summed E-state index contributed by atoms with van der Waals surface area (Å²) >= 11 is 0. The first-order chi connectivity index (χ1) is 13.0. The number of carboxylic acid groups (broad SMARTS) is 1. The molecule has 16 nitrogen and oxygen atoms in total. The molecular formula is C12H13N3O13. The predicted molar refractivity (Wildman–Crippen MR) is 82.5 cm³/mol. The van der Waals surface area contributed by atoms with E-state index < -0.39 is 46.5 Å². The van der Waals surface area contributed by atoms with Gasteiger partial charge in [-0.15, -0.1) is 30.3 Å². The van der Waals surface area contributed by atoms with E-state index in [9.17, 15) is 39.9 Å². The summed E-state index contributed by atoms with van der Waals surface area (Å²) < 4.78 is 4.69. The molecule has 28 heavy (non-hydrogen) atoms. The molecule has 0 atom stereocenters. The Bertz CT molecular complexity index is 704. The molecule has 16 heteroatoms. The van der Waals surface area contributed by atoms with Crippen LogP contribution in [-0.2, 0) is 19.3 Å². The fourth-order valence-corrected chi connectivity index (χ4v) is 1.41. The van der Waals surface area contributed by atoms with E-state index in [1.807, 2.05) is 0 Å². The molecular weight excluding hydrogens is 394 g/mol. The lowest BCUT2D eigenvalue weighted by molar-refractivity contribution is -0.803. The molecule has 0 radical (unpaired) electrons. The number of carbonyl (C=O) groups is 2. The summed E-state index contributed by atoms with van der Waals surface area (Å²) in [5.41, 5.74) is -0.0160. The Hall–Kier alpha value is -4.24. The van der Waals surface area contributed by atoms with Gasteiger partial charge < -0.3 is 24.4 Å². The van der Waals surface area contributed by atoms with Crippen LogP contribution < -0.4 is 4.74 Å². The molecule has 1 rings (SSSR count). The minimum Gasteiger partial charge on any atom is -0.478 e. The minimum absolute atomic E-state index is 0.0160. The second kappa shape index (κ2) is 12.2. The van der Waals surface area contributed by atoms with Crippen LogP contribution in [0.3, 0.4) is 0 Å². The Morgan fingerprint density at radius 2 is 1.50 bits per heavy atom. The maximum absolute atomic E-state index is 10.6. The first-order valence-electron chi connectivity index (χ1n) is 6.89. The number of nitrogens with zero attached hydrogens (tertiary/aromatic N) is 3. The zero-order valence-corrected chi connectivity index (χ0v) is 14.0. The molecule has 0 bridgehead atoms. The maximum atomic E-state index is 10.6. The van der Waals surface area contributed by atoms with E-state index in [1.54, 1.807) is 12.1 Å². The number of aromatic carboxylic acids is 1. The molecule has 0 aliphatic heterocycles. The third-order valence-electron chi connectivity index (χ3n) is 2.34. The number of esters is 1. The molecule has 0 heterocycles. The highest BCUT2D eigenvalue weighted by Crippen LogP contribution is 2.17. The van der Waals surface area contributed by atoms with Gasteiger partial charge in [0.2, 0.25) is 0 Å². The molecule has 0 unspecified atom stereocenters. The standard InChI is InChI=1S/C9H8O4.C3H5N3O9/c1-6(10)13-8-5-3-2-4-7(8)9(11)12;7-4(8)13-1-3(15-6(11)12)2-14-5(9)10/h2-5H,1H3,(H,11,12);3H,1-2H2. The number of hydrogen-bond acceptors (Lipinski definition) is 12. The first-order valence-corrected chi connectivity index (χ1v) is 6.89. The van der Waals surface area contributed by atoms with Crippen molar-refractivity contribution in [1.82, 2.24) is 0 Å². The second-order valence-electron chi connectivity index (χ2n) is 4.38. The number of hydrogen-bond donors (Lipinski definition) is 1. The van der Waals surface area contributed by atoms with Gasteiger partial charge in [-0.05, 0) is 12.1 Å². The zero-order valence-electron chi connectivity index (χ0n) is 14.0. The average molecular weight is 407 g/mol. The molecule has 0 aliphatic rings. The van der Waals surface area contributed by atoms with Crippen molar-refractivity contribution < 1.29 is 49.2 Å². The molecule has 0 spiro atoms. The summed E-state index contributed by atoms with van der Waals surface area (Å²) in [4.78, 5) is 61.7. The maximum Gasteiger partial charge on any atom is 0.339 e. The third kappa shape index (κ3) is 11.3. The highest BCUT2D eigenvalue weighted by Gasteiger charge is 2.17. The fourth-order valence-electron chi connectivity index (χ4n) is 1.41. The summed E-state index contributed by atoms with van der Waals surface area (Å²) in [5.74, 6) is -1.58. The lowest BCUT2D eigenvalue weighted by Gasteiger charge is -2.11. The lowest BCUT2D eigenvalue weighted by Crippen LogP contribution is -2.30. The summed E-state index contributed by atoms with van der Waals surface area (Å²) in [6, 6.07) is 5.98. The van der Waals surface area contributed by atoms with Crippen molar-refractivity contribution in [1.29, 1.82) is 0 Å². The quantitative estimate of drug-likeness (QED) is 0.239. The van der Waals surface area contributed by atoms with E-state index in [-0.39, 0.29) is 11.3 Å². The lowest BCUT2D eigenvalue weighted by atomic mass is 10.2. The van der Waals surface area contributed by atoms with Crippen molar-refractivity contribution in [3.05, 3.63) is 60.2 Å². The van der Waals surface area contributed by atoms with Crippen LogP contribution in [0.4, 0.5) is 0 Å². The highest BCUT2D eigenvalue weighted by atomic mass is 17.0. The van der Waals surface area contributed by atoms with Gasteiger partial charge in [0.05, 0.1) is 0 Å². The van der Waals surface area contributed by atoms with Crippen molar-refractivity contribution in [2.75, 3.05) is 13.2 Å². The van der Waals surface area contributed by atoms with Crippen LogP contribution in [0, 0.1) is 30.3 Å². The third-order valence-corrected chi connectivity index (χ3v) is 2.34. The molecule has 1 N–H and O–H groups in total. The molecule has 154 valence electrons. The number of ether oxygens (including phenoxy) is 1. The Kier molecular flexibility index (Phi) is 10.3. The number of carboxylic acids is 1. The van der Waals surface area contributed by atoms with Crippen molar-refractivity contribution in [2.45, 2.75) is 13.0 Å². The van der Waals surface area contributed by atoms with E-state index in [0.29, 0.717) is 0 Å². The van der Waals surface area contributed by atoms with Crippen molar-refractivity contribution in [2.24, 2.45) is 0 Å². The van der Waals surface area contributed by atoms with Gasteiger partial charge in [-0.25, -0.2) is 4.79 Å². The molecule has 1 aromatic carbocycles. The minimum atomic E-state index is -1.55. The van der Waals surface area contributed by atoms with Crippen molar-refractivity contribution in [3.63, 3.8) is 0 Å². The molecule has 0 saturated carbocycles. The van der Waals surface area contributed by atoms with Crippen LogP contribution in [0.2, 0.25) is 0 Å². The van der Waals surface area contributed by atoms with Gasteiger partial charge in [0.25, 0.3) is 15.3 Å². The SMILES string of the molecule is CC(=O)Oc1ccccc1C(=O)O.O=[N+]([O-])OCC(CO[N+](=O)[O-])O[N+](=O)[O-]. The monoisotopic (exact) mass is 407 g/mol. The second-order valence-corrected chi connectivity index (χ2v) is 4.38. The zero-order chi connectivity index (χ0) is 21.7. The Morgan fingerprint density at radius 1 is 1.00 bits per heavy atom. The molecule has 0 aromatic heterocycles. The Morgan fingerprint density at radius 3 is 1.89 bits per heavy atom. The van der Waals surface area contributed by atoms with Crippen LogP contribution in [0.25, 0.3) is 0 Å². The Balaban J connectivity index is 0.000000525.